The summed E-state index contributed by atoms with van der Waals surface area (Å²) in [4.78, 5) is 12.2. The molecule has 1 N–H and O–H groups in total. The molecule has 0 spiro atoms. The fourth-order valence-electron chi connectivity index (χ4n) is 2.81. The number of carbonyl (C=O) groups excluding carboxylic acids is 1. The standard InChI is InChI=1S/C19H18F3NO3/c20-12-3-5-17-14(10-12)16(2-1-8-25-17)23-19(24)7-9-26-18-6-4-13(21)11-15(18)22/h3-6,10-11,16H,1-2,7-9H2,(H,23,24)/t16-/m0/s1. The highest BCUT2D eigenvalue weighted by Gasteiger charge is 2.22. The lowest BCUT2D eigenvalue weighted by Crippen LogP contribution is -2.29. The lowest BCUT2D eigenvalue weighted by Gasteiger charge is -2.18. The van der Waals surface area contributed by atoms with E-state index in [-0.39, 0.29) is 30.7 Å². The smallest absolute Gasteiger partial charge is 0.223 e. The zero-order chi connectivity index (χ0) is 18.5. The van der Waals surface area contributed by atoms with Crippen LogP contribution in [0.1, 0.15) is 30.9 Å². The third-order valence-electron chi connectivity index (χ3n) is 4.06. The molecule has 0 radical (unpaired) electrons. The number of ether oxygens (including phenoxy) is 2. The van der Waals surface area contributed by atoms with Gasteiger partial charge in [-0.2, -0.15) is 0 Å². The first-order valence-corrected chi connectivity index (χ1v) is 8.32. The van der Waals surface area contributed by atoms with Gasteiger partial charge < -0.3 is 14.8 Å². The minimum Gasteiger partial charge on any atom is -0.493 e. The van der Waals surface area contributed by atoms with Gasteiger partial charge in [0.1, 0.15) is 17.4 Å². The summed E-state index contributed by atoms with van der Waals surface area (Å²) >= 11 is 0. The number of carbonyl (C=O) groups is 1. The first-order chi connectivity index (χ1) is 12.5. The summed E-state index contributed by atoms with van der Waals surface area (Å²) in [6.07, 6.45) is 1.33. The molecule has 0 fully saturated rings. The fourth-order valence-corrected chi connectivity index (χ4v) is 2.81. The largest absolute Gasteiger partial charge is 0.493 e. The van der Waals surface area contributed by atoms with Gasteiger partial charge in [-0.05, 0) is 43.2 Å². The molecule has 0 aromatic heterocycles. The molecule has 2 aromatic carbocycles. The van der Waals surface area contributed by atoms with E-state index in [1.807, 2.05) is 0 Å². The Morgan fingerprint density at radius 3 is 2.73 bits per heavy atom. The molecule has 7 heteroatoms. The average Bonchev–Trinajstić information content (AvgIpc) is 2.79. The number of fused-ring (bicyclic) bond motifs is 1. The van der Waals surface area contributed by atoms with Gasteiger partial charge in [-0.1, -0.05) is 0 Å². The Balaban J connectivity index is 1.57. The number of nitrogens with one attached hydrogen (secondary N) is 1. The molecule has 1 heterocycles. The molecule has 26 heavy (non-hydrogen) atoms. The highest BCUT2D eigenvalue weighted by molar-refractivity contribution is 5.76. The molecule has 0 saturated heterocycles. The average molecular weight is 365 g/mol. The van der Waals surface area contributed by atoms with Crippen LogP contribution < -0.4 is 14.8 Å². The maximum absolute atomic E-state index is 13.5. The van der Waals surface area contributed by atoms with Crippen LogP contribution in [-0.4, -0.2) is 19.1 Å². The third-order valence-corrected chi connectivity index (χ3v) is 4.06. The SMILES string of the molecule is O=C(CCOc1ccc(F)cc1F)N[C@H]1CCCOc2ccc(F)cc21. The number of hydrogen-bond donors (Lipinski definition) is 1. The summed E-state index contributed by atoms with van der Waals surface area (Å²) in [7, 11) is 0. The van der Waals surface area contributed by atoms with Crippen molar-refractivity contribution in [3.05, 3.63) is 59.4 Å². The molecular weight excluding hydrogens is 347 g/mol. The summed E-state index contributed by atoms with van der Waals surface area (Å²) in [5.41, 5.74) is 0.598. The molecule has 138 valence electrons. The van der Waals surface area contributed by atoms with Gasteiger partial charge >= 0.3 is 0 Å². The van der Waals surface area contributed by atoms with E-state index in [4.69, 9.17) is 9.47 Å². The van der Waals surface area contributed by atoms with Crippen molar-refractivity contribution in [1.29, 1.82) is 0 Å². The van der Waals surface area contributed by atoms with Crippen LogP contribution in [-0.2, 0) is 4.79 Å². The Morgan fingerprint density at radius 1 is 1.15 bits per heavy atom. The second-order valence-electron chi connectivity index (χ2n) is 5.97. The van der Waals surface area contributed by atoms with Crippen molar-refractivity contribution in [1.82, 2.24) is 5.32 Å². The van der Waals surface area contributed by atoms with Gasteiger partial charge in [0.2, 0.25) is 5.91 Å². The molecule has 1 aliphatic heterocycles. The van der Waals surface area contributed by atoms with Gasteiger partial charge in [-0.15, -0.1) is 0 Å². The third kappa shape index (κ3) is 4.47. The zero-order valence-electron chi connectivity index (χ0n) is 13.9. The molecule has 0 aliphatic carbocycles. The van der Waals surface area contributed by atoms with Crippen molar-refractivity contribution in [2.45, 2.75) is 25.3 Å². The fraction of sp³-hybridized carbons (Fsp3) is 0.316. The van der Waals surface area contributed by atoms with E-state index in [1.54, 1.807) is 6.07 Å². The molecule has 1 atom stereocenters. The lowest BCUT2D eigenvalue weighted by atomic mass is 10.0. The summed E-state index contributed by atoms with van der Waals surface area (Å²) < 4.78 is 50.6. The summed E-state index contributed by atoms with van der Waals surface area (Å²) in [5.74, 6) is -1.80. The van der Waals surface area contributed by atoms with E-state index in [9.17, 15) is 18.0 Å². The molecule has 1 aliphatic rings. The van der Waals surface area contributed by atoms with Gasteiger partial charge in [-0.25, -0.2) is 13.2 Å². The van der Waals surface area contributed by atoms with Crippen LogP contribution in [0, 0.1) is 17.5 Å². The maximum Gasteiger partial charge on any atom is 0.223 e. The van der Waals surface area contributed by atoms with E-state index >= 15 is 0 Å². The Kier molecular flexibility index (Phi) is 5.65. The van der Waals surface area contributed by atoms with Crippen molar-refractivity contribution in [3.63, 3.8) is 0 Å². The number of amides is 1. The Bertz CT molecular complexity index is 798. The van der Waals surface area contributed by atoms with E-state index in [2.05, 4.69) is 5.32 Å². The Labute approximate surface area is 148 Å². The van der Waals surface area contributed by atoms with Crippen LogP contribution in [0.4, 0.5) is 13.2 Å². The first kappa shape index (κ1) is 18.1. The summed E-state index contributed by atoms with van der Waals surface area (Å²) in [6, 6.07) is 6.82. The second-order valence-corrected chi connectivity index (χ2v) is 5.97. The van der Waals surface area contributed by atoms with Crippen LogP contribution in [0.15, 0.2) is 36.4 Å². The molecule has 4 nitrogen and oxygen atoms in total. The Morgan fingerprint density at radius 2 is 1.92 bits per heavy atom. The first-order valence-electron chi connectivity index (χ1n) is 8.32. The quantitative estimate of drug-likeness (QED) is 0.874. The van der Waals surface area contributed by atoms with Crippen LogP contribution in [0.3, 0.4) is 0 Å². The molecule has 1 amide bonds. The zero-order valence-corrected chi connectivity index (χ0v) is 13.9. The van der Waals surface area contributed by atoms with Crippen molar-refractivity contribution < 1.29 is 27.4 Å². The monoisotopic (exact) mass is 365 g/mol. The van der Waals surface area contributed by atoms with E-state index in [1.165, 1.54) is 18.2 Å². The van der Waals surface area contributed by atoms with Gasteiger partial charge in [0.15, 0.2) is 11.6 Å². The highest BCUT2D eigenvalue weighted by Crippen LogP contribution is 2.32. The van der Waals surface area contributed by atoms with E-state index in [0.717, 1.165) is 12.5 Å². The summed E-state index contributed by atoms with van der Waals surface area (Å²) in [6.45, 7) is 0.436. The maximum atomic E-state index is 13.5. The molecule has 0 saturated carbocycles. The molecular formula is C19H18F3NO3. The topological polar surface area (TPSA) is 47.6 Å². The van der Waals surface area contributed by atoms with Crippen molar-refractivity contribution in [3.8, 4) is 11.5 Å². The number of benzene rings is 2. The number of rotatable bonds is 5. The predicted molar refractivity (Wildman–Crippen MR) is 88.5 cm³/mol. The molecule has 2 aromatic rings. The minimum atomic E-state index is -0.823. The normalized spacial score (nSPS) is 16.2. The van der Waals surface area contributed by atoms with Gasteiger partial charge in [0.05, 0.1) is 25.7 Å². The van der Waals surface area contributed by atoms with Crippen molar-refractivity contribution >= 4 is 5.91 Å². The minimum absolute atomic E-state index is 0.0151. The summed E-state index contributed by atoms with van der Waals surface area (Å²) in [5, 5.41) is 2.83. The number of hydrogen-bond acceptors (Lipinski definition) is 3. The van der Waals surface area contributed by atoms with Gasteiger partial charge in [-0.3, -0.25) is 4.79 Å². The van der Waals surface area contributed by atoms with E-state index in [0.29, 0.717) is 30.4 Å². The van der Waals surface area contributed by atoms with Crippen LogP contribution in [0.25, 0.3) is 0 Å². The van der Waals surface area contributed by atoms with Crippen molar-refractivity contribution in [2.75, 3.05) is 13.2 Å². The lowest BCUT2D eigenvalue weighted by molar-refractivity contribution is -0.122. The van der Waals surface area contributed by atoms with Gasteiger partial charge in [0.25, 0.3) is 0 Å². The van der Waals surface area contributed by atoms with Crippen LogP contribution in [0.2, 0.25) is 0 Å². The van der Waals surface area contributed by atoms with Crippen LogP contribution >= 0.6 is 0 Å². The second kappa shape index (κ2) is 8.12. The molecule has 3 rings (SSSR count). The number of halogens is 3. The molecule has 0 bridgehead atoms. The van der Waals surface area contributed by atoms with E-state index < -0.39 is 17.5 Å². The van der Waals surface area contributed by atoms with Crippen molar-refractivity contribution in [2.24, 2.45) is 0 Å². The van der Waals surface area contributed by atoms with Gasteiger partial charge in [0, 0.05) is 11.6 Å². The Hall–Kier alpha value is -2.70. The predicted octanol–water partition coefficient (Wildman–Crippen LogP) is 3.90. The highest BCUT2D eigenvalue weighted by atomic mass is 19.1. The molecule has 0 unspecified atom stereocenters. The van der Waals surface area contributed by atoms with Crippen LogP contribution in [0.5, 0.6) is 11.5 Å².